The van der Waals surface area contributed by atoms with E-state index in [1.54, 1.807) is 6.20 Å². The minimum Gasteiger partial charge on any atom is -0.487 e. The third-order valence-electron chi connectivity index (χ3n) is 4.41. The van der Waals surface area contributed by atoms with E-state index in [2.05, 4.69) is 19.2 Å². The monoisotopic (exact) mass is 276 g/mol. The van der Waals surface area contributed by atoms with Crippen molar-refractivity contribution in [3.8, 4) is 5.75 Å². The molecule has 1 fully saturated rings. The number of rotatable bonds is 4. The van der Waals surface area contributed by atoms with Gasteiger partial charge in [0.25, 0.3) is 5.91 Å². The molecule has 0 aromatic carbocycles. The quantitative estimate of drug-likeness (QED) is 0.854. The van der Waals surface area contributed by atoms with Crippen LogP contribution in [-0.2, 0) is 0 Å². The molecule has 1 N–H and O–H groups in total. The second kappa shape index (κ2) is 4.65. The van der Waals surface area contributed by atoms with Crippen molar-refractivity contribution in [1.29, 1.82) is 0 Å². The average molecular weight is 276 g/mol. The number of unbranched alkanes of at least 4 members (excludes halogenated alkanes) is 1. The Hall–Kier alpha value is -1.78. The molecule has 0 unspecified atom stereocenters. The highest BCUT2D eigenvalue weighted by molar-refractivity contribution is 5.97. The normalized spacial score (nSPS) is 22.3. The molecular formula is C15H20N2O3. The molecule has 1 aliphatic carbocycles. The Balaban J connectivity index is 2.02. The summed E-state index contributed by atoms with van der Waals surface area (Å²) in [7, 11) is 0. The van der Waals surface area contributed by atoms with Crippen LogP contribution in [0.3, 0.4) is 0 Å². The van der Waals surface area contributed by atoms with Crippen molar-refractivity contribution in [2.24, 2.45) is 0 Å². The third kappa shape index (κ3) is 1.92. The SMILES string of the molecule is CCCCOc1c2n(ccc1=O)[C@H](C)C1(CC1)NC2=O. The molecule has 1 saturated carbocycles. The maximum atomic E-state index is 12.3. The van der Waals surface area contributed by atoms with Gasteiger partial charge >= 0.3 is 0 Å². The Morgan fingerprint density at radius 3 is 2.85 bits per heavy atom. The van der Waals surface area contributed by atoms with E-state index in [1.165, 1.54) is 6.07 Å². The number of hydrogen-bond acceptors (Lipinski definition) is 3. The van der Waals surface area contributed by atoms with Crippen molar-refractivity contribution < 1.29 is 9.53 Å². The fraction of sp³-hybridized carbons (Fsp3) is 0.600. The van der Waals surface area contributed by atoms with E-state index in [0.717, 1.165) is 25.7 Å². The number of amides is 1. The van der Waals surface area contributed by atoms with Gasteiger partial charge in [0.2, 0.25) is 5.43 Å². The lowest BCUT2D eigenvalue weighted by atomic mass is 10.0. The zero-order valence-electron chi connectivity index (χ0n) is 11.9. The first kappa shape index (κ1) is 13.2. The Bertz CT molecular complexity index is 602. The van der Waals surface area contributed by atoms with E-state index in [1.807, 2.05) is 4.57 Å². The first-order chi connectivity index (χ1) is 9.59. The number of nitrogens with one attached hydrogen (secondary N) is 1. The number of carbonyl (C=O) groups is 1. The van der Waals surface area contributed by atoms with E-state index in [9.17, 15) is 9.59 Å². The summed E-state index contributed by atoms with van der Waals surface area (Å²) in [5.41, 5.74) is 0.0416. The first-order valence-corrected chi connectivity index (χ1v) is 7.29. The lowest BCUT2D eigenvalue weighted by molar-refractivity contribution is 0.0860. The summed E-state index contributed by atoms with van der Waals surface area (Å²) >= 11 is 0. The summed E-state index contributed by atoms with van der Waals surface area (Å²) in [5.74, 6) is 0.00518. The van der Waals surface area contributed by atoms with Crippen LogP contribution in [0.5, 0.6) is 5.75 Å². The summed E-state index contributed by atoms with van der Waals surface area (Å²) in [6.45, 7) is 4.61. The van der Waals surface area contributed by atoms with Gasteiger partial charge in [-0.2, -0.15) is 0 Å². The van der Waals surface area contributed by atoms with Crippen LogP contribution in [0.2, 0.25) is 0 Å². The summed E-state index contributed by atoms with van der Waals surface area (Å²) < 4.78 is 7.49. The predicted molar refractivity (Wildman–Crippen MR) is 75.2 cm³/mol. The Kier molecular flexibility index (Phi) is 3.07. The second-order valence-corrected chi connectivity index (χ2v) is 5.75. The van der Waals surface area contributed by atoms with Crippen LogP contribution in [0.1, 0.15) is 56.1 Å². The molecule has 2 aliphatic rings. The van der Waals surface area contributed by atoms with E-state index < -0.39 is 0 Å². The molecule has 5 heteroatoms. The molecule has 0 radical (unpaired) electrons. The van der Waals surface area contributed by atoms with Crippen LogP contribution in [0.4, 0.5) is 0 Å². The smallest absolute Gasteiger partial charge is 0.272 e. The van der Waals surface area contributed by atoms with Crippen molar-refractivity contribution in [2.75, 3.05) is 6.61 Å². The zero-order chi connectivity index (χ0) is 14.3. The number of carbonyl (C=O) groups excluding carboxylic acids is 1. The zero-order valence-corrected chi connectivity index (χ0v) is 11.9. The van der Waals surface area contributed by atoms with Gasteiger partial charge in [-0.25, -0.2) is 0 Å². The Morgan fingerprint density at radius 2 is 2.20 bits per heavy atom. The van der Waals surface area contributed by atoms with Crippen LogP contribution in [0.15, 0.2) is 17.1 Å². The summed E-state index contributed by atoms with van der Waals surface area (Å²) in [6.07, 6.45) is 5.57. The summed E-state index contributed by atoms with van der Waals surface area (Å²) in [4.78, 5) is 24.3. The number of aromatic nitrogens is 1. The maximum Gasteiger partial charge on any atom is 0.272 e. The van der Waals surface area contributed by atoms with E-state index in [-0.39, 0.29) is 28.7 Å². The molecule has 108 valence electrons. The molecular weight excluding hydrogens is 256 g/mol. The first-order valence-electron chi connectivity index (χ1n) is 7.29. The predicted octanol–water partition coefficient (Wildman–Crippen LogP) is 1.86. The molecule has 1 aromatic rings. The molecule has 1 aromatic heterocycles. The highest BCUT2D eigenvalue weighted by Crippen LogP contribution is 2.47. The molecule has 1 aliphatic heterocycles. The maximum absolute atomic E-state index is 12.3. The molecule has 5 nitrogen and oxygen atoms in total. The minimum absolute atomic E-state index is 0.111. The lowest BCUT2D eigenvalue weighted by Crippen LogP contribution is -2.49. The molecule has 1 amide bonds. The fourth-order valence-corrected chi connectivity index (χ4v) is 2.87. The Labute approximate surface area is 117 Å². The molecule has 0 bridgehead atoms. The average Bonchev–Trinajstić information content (AvgIpc) is 3.19. The van der Waals surface area contributed by atoms with Crippen molar-refractivity contribution >= 4 is 5.91 Å². The summed E-state index contributed by atoms with van der Waals surface area (Å²) in [6, 6.07) is 1.65. The van der Waals surface area contributed by atoms with Gasteiger partial charge in [-0.05, 0) is 26.2 Å². The topological polar surface area (TPSA) is 60.3 Å². The van der Waals surface area contributed by atoms with Crippen molar-refractivity contribution in [3.63, 3.8) is 0 Å². The Morgan fingerprint density at radius 1 is 1.45 bits per heavy atom. The van der Waals surface area contributed by atoms with Gasteiger partial charge < -0.3 is 14.6 Å². The van der Waals surface area contributed by atoms with Gasteiger partial charge in [-0.3, -0.25) is 9.59 Å². The standard InChI is InChI=1S/C15H20N2O3/c1-3-4-9-20-13-11(18)5-8-17-10(2)15(6-7-15)16-14(19)12(13)17/h5,8,10H,3-4,6-7,9H2,1-2H3,(H,16,19)/t10-/m1/s1. The molecule has 3 rings (SSSR count). The van der Waals surface area contributed by atoms with Crippen molar-refractivity contribution in [1.82, 2.24) is 9.88 Å². The van der Waals surface area contributed by atoms with Crippen LogP contribution < -0.4 is 15.5 Å². The van der Waals surface area contributed by atoms with Gasteiger partial charge in [0.05, 0.1) is 18.2 Å². The van der Waals surface area contributed by atoms with Crippen molar-refractivity contribution in [2.45, 2.75) is 51.1 Å². The largest absolute Gasteiger partial charge is 0.487 e. The van der Waals surface area contributed by atoms with E-state index >= 15 is 0 Å². The highest BCUT2D eigenvalue weighted by Gasteiger charge is 2.53. The van der Waals surface area contributed by atoms with Gasteiger partial charge in [0.15, 0.2) is 11.4 Å². The lowest BCUT2D eigenvalue weighted by Gasteiger charge is -2.34. The molecule has 1 spiro atoms. The summed E-state index contributed by atoms with van der Waals surface area (Å²) in [5, 5.41) is 3.05. The van der Waals surface area contributed by atoms with Gasteiger partial charge in [0.1, 0.15) is 0 Å². The number of pyridine rings is 1. The molecule has 1 atom stereocenters. The van der Waals surface area contributed by atoms with Crippen LogP contribution in [0, 0.1) is 0 Å². The van der Waals surface area contributed by atoms with Crippen molar-refractivity contribution in [3.05, 3.63) is 28.2 Å². The molecule has 2 heterocycles. The second-order valence-electron chi connectivity index (χ2n) is 5.75. The van der Waals surface area contributed by atoms with Gasteiger partial charge in [-0.1, -0.05) is 13.3 Å². The van der Waals surface area contributed by atoms with Gasteiger partial charge in [-0.15, -0.1) is 0 Å². The third-order valence-corrected chi connectivity index (χ3v) is 4.41. The van der Waals surface area contributed by atoms with Gasteiger partial charge in [0, 0.05) is 12.3 Å². The van der Waals surface area contributed by atoms with E-state index in [4.69, 9.17) is 4.74 Å². The van der Waals surface area contributed by atoms with Crippen LogP contribution >= 0.6 is 0 Å². The number of hydrogen-bond donors (Lipinski definition) is 1. The highest BCUT2D eigenvalue weighted by atomic mass is 16.5. The number of ether oxygens (including phenoxy) is 1. The minimum atomic E-state index is -0.221. The fourth-order valence-electron chi connectivity index (χ4n) is 2.87. The van der Waals surface area contributed by atoms with Crippen LogP contribution in [0.25, 0.3) is 0 Å². The molecule has 20 heavy (non-hydrogen) atoms. The van der Waals surface area contributed by atoms with Crippen LogP contribution in [-0.4, -0.2) is 22.6 Å². The molecule has 0 saturated heterocycles. The number of fused-ring (bicyclic) bond motifs is 1. The van der Waals surface area contributed by atoms with E-state index in [0.29, 0.717) is 12.3 Å². The number of nitrogens with zero attached hydrogens (tertiary/aromatic N) is 1.